The monoisotopic (exact) mass is 486 g/mol. The number of benzene rings is 2. The Hall–Kier alpha value is -2.46. The third-order valence-electron chi connectivity index (χ3n) is 6.28. The maximum Gasteiger partial charge on any atom is 0.494 e. The second kappa shape index (κ2) is 11.5. The highest BCUT2D eigenvalue weighted by Crippen LogP contribution is 2.37. The number of para-hydroxylation sites is 2. The van der Waals surface area contributed by atoms with Crippen LogP contribution < -0.4 is 24.4 Å². The van der Waals surface area contributed by atoms with Crippen molar-refractivity contribution in [2.24, 2.45) is 0 Å². The molecule has 8 nitrogen and oxygen atoms in total. The third-order valence-corrected chi connectivity index (χ3v) is 6.28. The fraction of sp³-hybridized carbons (Fsp3) is 0.538. The predicted octanol–water partition coefficient (Wildman–Crippen LogP) is 3.25. The summed E-state index contributed by atoms with van der Waals surface area (Å²) in [6.07, 6.45) is 0. The Morgan fingerprint density at radius 1 is 0.543 bits per heavy atom. The molecule has 2 aliphatic heterocycles. The van der Waals surface area contributed by atoms with E-state index in [2.05, 4.69) is 0 Å². The molecule has 35 heavy (non-hydrogen) atoms. The molecule has 9 heteroatoms. The van der Waals surface area contributed by atoms with Crippen LogP contribution in [0.2, 0.25) is 0 Å². The Balaban J connectivity index is 1.40. The molecule has 0 aliphatic carbocycles. The zero-order valence-corrected chi connectivity index (χ0v) is 21.0. The van der Waals surface area contributed by atoms with Gasteiger partial charge in [0, 0.05) is 0 Å². The van der Waals surface area contributed by atoms with Crippen LogP contribution >= 0.6 is 0 Å². The molecule has 0 atom stereocenters. The fourth-order valence-corrected chi connectivity index (χ4v) is 3.62. The number of rotatable bonds is 1. The smallest absolute Gasteiger partial charge is 0.487 e. The lowest BCUT2D eigenvalue weighted by Gasteiger charge is -2.32. The fourth-order valence-electron chi connectivity index (χ4n) is 3.62. The predicted molar refractivity (Wildman–Crippen MR) is 132 cm³/mol. The molecule has 2 aliphatic rings. The largest absolute Gasteiger partial charge is 0.494 e. The van der Waals surface area contributed by atoms with Gasteiger partial charge in [0.15, 0.2) is 23.0 Å². The first-order valence-electron chi connectivity index (χ1n) is 12.1. The molecule has 0 aromatic heterocycles. The van der Waals surface area contributed by atoms with E-state index < -0.39 is 18.3 Å². The summed E-state index contributed by atoms with van der Waals surface area (Å²) in [5, 5.41) is 0. The highest BCUT2D eigenvalue weighted by atomic mass is 16.7. The minimum atomic E-state index is -0.485. The van der Waals surface area contributed by atoms with E-state index in [1.54, 1.807) is 0 Å². The molecule has 190 valence electrons. The maximum atomic E-state index is 6.19. The van der Waals surface area contributed by atoms with Gasteiger partial charge in [-0.1, -0.05) is 18.2 Å². The van der Waals surface area contributed by atoms with E-state index in [1.165, 1.54) is 0 Å². The summed E-state index contributed by atoms with van der Waals surface area (Å²) in [5.41, 5.74) is 0.0245. The molecule has 0 amide bonds. The van der Waals surface area contributed by atoms with Crippen LogP contribution in [0.1, 0.15) is 27.7 Å². The Morgan fingerprint density at radius 3 is 1.46 bits per heavy atom. The Labute approximate surface area is 207 Å². The average molecular weight is 486 g/mol. The summed E-state index contributed by atoms with van der Waals surface area (Å²) in [7, 11) is -0.485. The first kappa shape index (κ1) is 25.6. The minimum absolute atomic E-state index is 0.360. The normalized spacial score (nSPS) is 21.1. The molecule has 2 aromatic rings. The number of fused-ring (bicyclic) bond motifs is 2. The van der Waals surface area contributed by atoms with Gasteiger partial charge in [-0.25, -0.2) is 0 Å². The zero-order valence-electron chi connectivity index (χ0n) is 21.0. The first-order valence-corrected chi connectivity index (χ1v) is 12.1. The van der Waals surface area contributed by atoms with Crippen LogP contribution in [0.5, 0.6) is 23.0 Å². The van der Waals surface area contributed by atoms with Crippen LogP contribution in [0.3, 0.4) is 0 Å². The van der Waals surface area contributed by atoms with Crippen molar-refractivity contribution >= 4 is 12.6 Å². The highest BCUT2D eigenvalue weighted by molar-refractivity contribution is 6.62. The van der Waals surface area contributed by atoms with Crippen molar-refractivity contribution in [3.8, 4) is 23.0 Å². The Bertz CT molecular complexity index is 948. The Kier molecular flexibility index (Phi) is 8.44. The molecule has 4 rings (SSSR count). The molecule has 1 fully saturated rings. The number of ether oxygens (including phenoxy) is 6. The Morgan fingerprint density at radius 2 is 0.971 bits per heavy atom. The second-order valence-corrected chi connectivity index (χ2v) is 9.36. The lowest BCUT2D eigenvalue weighted by molar-refractivity contribution is 0.00578. The van der Waals surface area contributed by atoms with Crippen LogP contribution in [0.25, 0.3) is 0 Å². The molecule has 0 N–H and O–H groups in total. The van der Waals surface area contributed by atoms with Gasteiger partial charge in [0.2, 0.25) is 0 Å². The molecule has 1 saturated heterocycles. The van der Waals surface area contributed by atoms with Crippen molar-refractivity contribution in [1.29, 1.82) is 0 Å². The van der Waals surface area contributed by atoms with Gasteiger partial charge in [0.25, 0.3) is 0 Å². The van der Waals surface area contributed by atoms with Gasteiger partial charge in [0.05, 0.1) is 37.6 Å². The average Bonchev–Trinajstić information content (AvgIpc) is 3.05. The lowest BCUT2D eigenvalue weighted by Crippen LogP contribution is -2.41. The van der Waals surface area contributed by atoms with E-state index in [4.69, 9.17) is 37.7 Å². The lowest BCUT2D eigenvalue weighted by atomic mass is 9.79. The van der Waals surface area contributed by atoms with E-state index in [0.717, 1.165) is 5.46 Å². The molecule has 0 saturated carbocycles. The van der Waals surface area contributed by atoms with E-state index in [0.29, 0.717) is 75.9 Å². The standard InChI is InChI=1S/C26H35BO8/c1-25(2)26(3,4)35-27(34-25)20-9-10-23-24(19-20)33-18-14-29-12-16-31-22-8-6-5-7-21(22)30-15-11-28-13-17-32-23/h5-10,19H,11-18H2,1-4H3. The van der Waals surface area contributed by atoms with E-state index in [9.17, 15) is 0 Å². The summed E-state index contributed by atoms with van der Waals surface area (Å²) in [4.78, 5) is 0. The summed E-state index contributed by atoms with van der Waals surface area (Å²) in [6.45, 7) is 11.4. The molecule has 2 heterocycles. The van der Waals surface area contributed by atoms with Crippen molar-refractivity contribution < 1.29 is 37.7 Å². The van der Waals surface area contributed by atoms with Gasteiger partial charge in [-0.3, -0.25) is 0 Å². The molecule has 0 unspecified atom stereocenters. The van der Waals surface area contributed by atoms with Gasteiger partial charge in [-0.2, -0.15) is 0 Å². The van der Waals surface area contributed by atoms with Crippen LogP contribution in [0.15, 0.2) is 42.5 Å². The van der Waals surface area contributed by atoms with Gasteiger partial charge in [-0.15, -0.1) is 0 Å². The van der Waals surface area contributed by atoms with Gasteiger partial charge in [0.1, 0.15) is 26.4 Å². The van der Waals surface area contributed by atoms with Crippen molar-refractivity contribution in [1.82, 2.24) is 0 Å². The van der Waals surface area contributed by atoms with E-state index in [1.807, 2.05) is 70.2 Å². The third kappa shape index (κ3) is 6.61. The van der Waals surface area contributed by atoms with E-state index in [-0.39, 0.29) is 0 Å². The molecule has 0 radical (unpaired) electrons. The minimum Gasteiger partial charge on any atom is -0.487 e. The highest BCUT2D eigenvalue weighted by Gasteiger charge is 2.51. The van der Waals surface area contributed by atoms with Crippen molar-refractivity contribution in [3.63, 3.8) is 0 Å². The zero-order chi connectivity index (χ0) is 24.7. The maximum absolute atomic E-state index is 6.19. The molecular weight excluding hydrogens is 451 g/mol. The van der Waals surface area contributed by atoms with Crippen LogP contribution in [-0.2, 0) is 18.8 Å². The van der Waals surface area contributed by atoms with E-state index >= 15 is 0 Å². The SMILES string of the molecule is CC1(C)OB(c2ccc3c(c2)OCCOCCOc2ccccc2OCCOCCO3)OC1(C)C. The van der Waals surface area contributed by atoms with Crippen molar-refractivity contribution in [2.75, 3.05) is 52.9 Å². The summed E-state index contributed by atoms with van der Waals surface area (Å²) in [5.74, 6) is 2.60. The number of hydrogen-bond donors (Lipinski definition) is 0. The van der Waals surface area contributed by atoms with Gasteiger partial charge >= 0.3 is 7.12 Å². The molecule has 0 bridgehead atoms. The molecule has 2 aromatic carbocycles. The summed E-state index contributed by atoms with van der Waals surface area (Å²) < 4.78 is 47.4. The quantitative estimate of drug-likeness (QED) is 0.569. The van der Waals surface area contributed by atoms with Crippen LogP contribution in [-0.4, -0.2) is 71.2 Å². The topological polar surface area (TPSA) is 73.8 Å². The molecular formula is C26H35BO8. The van der Waals surface area contributed by atoms with Crippen LogP contribution in [0, 0.1) is 0 Å². The summed E-state index contributed by atoms with van der Waals surface area (Å²) in [6, 6.07) is 13.3. The van der Waals surface area contributed by atoms with Crippen molar-refractivity contribution in [3.05, 3.63) is 42.5 Å². The summed E-state index contributed by atoms with van der Waals surface area (Å²) >= 11 is 0. The van der Waals surface area contributed by atoms with Crippen molar-refractivity contribution in [2.45, 2.75) is 38.9 Å². The molecule has 0 spiro atoms. The number of hydrogen-bond acceptors (Lipinski definition) is 8. The van der Waals surface area contributed by atoms with Gasteiger partial charge in [-0.05, 0) is 57.4 Å². The first-order chi connectivity index (χ1) is 16.9. The van der Waals surface area contributed by atoms with Gasteiger partial charge < -0.3 is 37.7 Å². The second-order valence-electron chi connectivity index (χ2n) is 9.36. The van der Waals surface area contributed by atoms with Crippen LogP contribution in [0.4, 0.5) is 0 Å².